The maximum Gasteiger partial charge on any atom is 0.240 e. The van der Waals surface area contributed by atoms with Crippen molar-refractivity contribution in [3.63, 3.8) is 0 Å². The highest BCUT2D eigenvalue weighted by molar-refractivity contribution is 6.26. The maximum absolute atomic E-state index is 5.62. The zero-order valence-corrected chi connectivity index (χ0v) is 37.1. The van der Waals surface area contributed by atoms with Gasteiger partial charge in [0.1, 0.15) is 0 Å². The van der Waals surface area contributed by atoms with Crippen LogP contribution in [0.5, 0.6) is 0 Å². The molecule has 3 aliphatic carbocycles. The zero-order chi connectivity index (χ0) is 45.0. The van der Waals surface area contributed by atoms with Crippen molar-refractivity contribution >= 4 is 93.2 Å². The Bertz CT molecular complexity index is 4390. The molecule has 0 aliphatic heterocycles. The van der Waals surface area contributed by atoms with Crippen molar-refractivity contribution in [3.8, 4) is 23.0 Å². The first-order valence-corrected chi connectivity index (χ1v) is 23.7. The van der Waals surface area contributed by atoms with Crippen LogP contribution in [-0.2, 0) is 5.41 Å². The molecular formula is C64H37N5. The third kappa shape index (κ3) is 4.80. The van der Waals surface area contributed by atoms with E-state index >= 15 is 0 Å². The van der Waals surface area contributed by atoms with E-state index in [1.54, 1.807) is 0 Å². The van der Waals surface area contributed by atoms with Crippen LogP contribution in [0.4, 0.5) is 0 Å². The van der Waals surface area contributed by atoms with Crippen LogP contribution in [0.3, 0.4) is 0 Å². The lowest BCUT2D eigenvalue weighted by Gasteiger charge is -2.35. The van der Waals surface area contributed by atoms with Gasteiger partial charge >= 0.3 is 0 Å². The number of aromatic nitrogens is 5. The van der Waals surface area contributed by atoms with Gasteiger partial charge in [0.05, 0.1) is 27.5 Å². The van der Waals surface area contributed by atoms with Crippen LogP contribution in [-0.4, -0.2) is 24.1 Å². The minimum absolute atomic E-state index is 0.563. The van der Waals surface area contributed by atoms with E-state index in [0.29, 0.717) is 17.7 Å². The molecule has 0 unspecified atom stereocenters. The monoisotopic (exact) mass is 875 g/mol. The van der Waals surface area contributed by atoms with Gasteiger partial charge in [0, 0.05) is 27.1 Å². The molecule has 0 amide bonds. The molecule has 1 spiro atoms. The Balaban J connectivity index is 1.06. The predicted molar refractivity (Wildman–Crippen MR) is 283 cm³/mol. The number of para-hydroxylation sites is 4. The molecule has 318 valence electrons. The van der Waals surface area contributed by atoms with Gasteiger partial charge in [-0.15, -0.1) is 0 Å². The highest BCUT2D eigenvalue weighted by atomic mass is 15.3. The molecule has 0 atom stereocenters. The Morgan fingerprint density at radius 3 is 1.22 bits per heavy atom. The van der Waals surface area contributed by atoms with E-state index in [9.17, 15) is 0 Å². The Labute approximate surface area is 395 Å². The summed E-state index contributed by atoms with van der Waals surface area (Å²) in [7, 11) is 0. The number of fused-ring (bicyclic) bond motifs is 20. The molecule has 0 saturated heterocycles. The Morgan fingerprint density at radius 1 is 0.348 bits per heavy atom. The van der Waals surface area contributed by atoms with E-state index < -0.39 is 5.41 Å². The molecule has 5 heteroatoms. The minimum Gasteiger partial charge on any atom is -0.278 e. The van der Waals surface area contributed by atoms with Crippen molar-refractivity contribution in [1.29, 1.82) is 0 Å². The first-order chi connectivity index (χ1) is 34.2. The average molecular weight is 876 g/mol. The number of allylic oxidation sites excluding steroid dienone is 4. The maximum atomic E-state index is 5.62. The lowest BCUT2D eigenvalue weighted by atomic mass is 9.66. The SMILES string of the molecule is C1=CC2(C3=c4cc5c6ccccc6c6ccccc6c5cc4=CC3=C1c1nc(-n3c4ccccc4c4ccccc43)nc(-n3c4ccccc4c4ccccc43)n1)c1ccccc1-c1ccccc12. The lowest BCUT2D eigenvalue weighted by molar-refractivity contribution is 0.852. The molecular weight excluding hydrogens is 839 g/mol. The van der Waals surface area contributed by atoms with Crippen LogP contribution in [0.2, 0.25) is 0 Å². The van der Waals surface area contributed by atoms with Gasteiger partial charge in [0.2, 0.25) is 11.9 Å². The van der Waals surface area contributed by atoms with Crippen LogP contribution in [0, 0.1) is 0 Å². The first kappa shape index (κ1) is 37.0. The summed E-state index contributed by atoms with van der Waals surface area (Å²) in [4.78, 5) is 16.7. The molecule has 3 heterocycles. The van der Waals surface area contributed by atoms with E-state index in [0.717, 1.165) is 54.8 Å². The van der Waals surface area contributed by atoms with Crippen molar-refractivity contribution in [3.05, 3.63) is 251 Å². The number of benzene rings is 10. The normalized spacial score (nSPS) is 14.5. The Kier molecular flexibility index (Phi) is 7.21. The van der Waals surface area contributed by atoms with Gasteiger partial charge in [0.25, 0.3) is 0 Å². The standard InChI is InChI=1S/C64H37N5/c1-3-19-41-39(17-1)40-18-2-4-20-42(40)52-37-50-38(35-51(41)52)36-53-49(33-34-64(60(50)53)54-27-11-5-21-43(54)44-22-6-12-28-55(44)64)61-65-62(68-56-29-13-7-23-45(56)46-24-8-14-30-57(46)68)67-63(66-61)69-58-31-15-9-25-47(58)48-26-10-16-32-59(48)69/h1-37H. The number of nitrogens with zero attached hydrogens (tertiary/aromatic N) is 5. The third-order valence-electron chi connectivity index (χ3n) is 15.3. The average Bonchev–Trinajstić information content (AvgIpc) is 4.14. The quantitative estimate of drug-likeness (QED) is 0.166. The summed E-state index contributed by atoms with van der Waals surface area (Å²) in [6, 6.07) is 74.9. The van der Waals surface area contributed by atoms with Gasteiger partial charge in [-0.3, -0.25) is 9.13 Å². The van der Waals surface area contributed by atoms with Crippen LogP contribution >= 0.6 is 0 Å². The summed E-state index contributed by atoms with van der Waals surface area (Å²) in [5, 5.41) is 14.5. The predicted octanol–water partition coefficient (Wildman–Crippen LogP) is 13.5. The smallest absolute Gasteiger partial charge is 0.240 e. The van der Waals surface area contributed by atoms with Gasteiger partial charge in [-0.2, -0.15) is 15.0 Å². The molecule has 0 N–H and O–H groups in total. The van der Waals surface area contributed by atoms with Crippen LogP contribution in [0.25, 0.3) is 116 Å². The van der Waals surface area contributed by atoms with E-state index in [-0.39, 0.29) is 0 Å². The summed E-state index contributed by atoms with van der Waals surface area (Å²) in [5.41, 5.74) is 12.0. The molecule has 5 nitrogen and oxygen atoms in total. The van der Waals surface area contributed by atoms with Crippen LogP contribution in [0.15, 0.2) is 224 Å². The summed E-state index contributed by atoms with van der Waals surface area (Å²) in [6.45, 7) is 0. The summed E-state index contributed by atoms with van der Waals surface area (Å²) >= 11 is 0. The van der Waals surface area contributed by atoms with Crippen molar-refractivity contribution in [1.82, 2.24) is 24.1 Å². The number of hydrogen-bond acceptors (Lipinski definition) is 3. The second-order valence-electron chi connectivity index (χ2n) is 18.7. The number of rotatable bonds is 3. The van der Waals surface area contributed by atoms with Crippen molar-refractivity contribution < 1.29 is 0 Å². The van der Waals surface area contributed by atoms with Gasteiger partial charge in [-0.1, -0.05) is 182 Å². The minimum atomic E-state index is -0.577. The zero-order valence-electron chi connectivity index (χ0n) is 37.1. The second-order valence-corrected chi connectivity index (χ2v) is 18.7. The molecule has 69 heavy (non-hydrogen) atoms. The van der Waals surface area contributed by atoms with Gasteiger partial charge in [-0.25, -0.2) is 0 Å². The van der Waals surface area contributed by atoms with E-state index in [1.807, 2.05) is 0 Å². The molecule has 10 aromatic carbocycles. The fraction of sp³-hybridized carbons (Fsp3) is 0.0156. The third-order valence-corrected chi connectivity index (χ3v) is 15.3. The Hall–Kier alpha value is -9.19. The molecule has 13 aromatic rings. The van der Waals surface area contributed by atoms with E-state index in [1.165, 1.54) is 70.6 Å². The van der Waals surface area contributed by atoms with Crippen molar-refractivity contribution in [2.24, 2.45) is 0 Å². The summed E-state index contributed by atoms with van der Waals surface area (Å²) < 4.78 is 4.44. The molecule has 0 radical (unpaired) electrons. The first-order valence-electron chi connectivity index (χ1n) is 23.7. The van der Waals surface area contributed by atoms with E-state index in [2.05, 4.69) is 234 Å². The molecule has 0 saturated carbocycles. The Morgan fingerprint density at radius 2 is 0.739 bits per heavy atom. The lowest BCUT2D eigenvalue weighted by Crippen LogP contribution is -2.34. The van der Waals surface area contributed by atoms with Gasteiger partial charge in [0.15, 0.2) is 5.82 Å². The highest BCUT2D eigenvalue weighted by Crippen LogP contribution is 2.58. The van der Waals surface area contributed by atoms with E-state index in [4.69, 9.17) is 15.0 Å². The molecule has 16 rings (SSSR count). The van der Waals surface area contributed by atoms with Gasteiger partial charge in [-0.05, 0) is 119 Å². The van der Waals surface area contributed by atoms with Gasteiger partial charge < -0.3 is 0 Å². The highest BCUT2D eigenvalue weighted by Gasteiger charge is 2.48. The number of hydrogen-bond donors (Lipinski definition) is 0. The topological polar surface area (TPSA) is 48.5 Å². The van der Waals surface area contributed by atoms with Crippen molar-refractivity contribution in [2.45, 2.75) is 5.41 Å². The van der Waals surface area contributed by atoms with Crippen molar-refractivity contribution in [2.75, 3.05) is 0 Å². The fourth-order valence-electron chi connectivity index (χ4n) is 12.6. The van der Waals surface area contributed by atoms with Crippen LogP contribution < -0.4 is 10.4 Å². The fourth-order valence-corrected chi connectivity index (χ4v) is 12.6. The summed E-state index contributed by atoms with van der Waals surface area (Å²) in [6.07, 6.45) is 7.18. The second kappa shape index (κ2) is 13.5. The molecule has 0 bridgehead atoms. The largest absolute Gasteiger partial charge is 0.278 e. The summed E-state index contributed by atoms with van der Waals surface area (Å²) in [5.74, 6) is 1.74. The molecule has 0 fully saturated rings. The molecule has 3 aromatic heterocycles. The molecule has 3 aliphatic rings. The van der Waals surface area contributed by atoms with Crippen LogP contribution in [0.1, 0.15) is 17.0 Å².